The van der Waals surface area contributed by atoms with E-state index in [1.807, 2.05) is 32.9 Å². The molecule has 0 aromatic carbocycles. The third-order valence-corrected chi connectivity index (χ3v) is 12.4. The van der Waals surface area contributed by atoms with E-state index < -0.39 is 10.8 Å². The Kier molecular flexibility index (Phi) is 6.04. The van der Waals surface area contributed by atoms with Gasteiger partial charge in [-0.2, -0.15) is 0 Å². The molecule has 5 aliphatic carbocycles. The molecule has 0 spiro atoms. The average molecular weight is 519 g/mol. The predicted molar refractivity (Wildman–Crippen MR) is 149 cm³/mol. The summed E-state index contributed by atoms with van der Waals surface area (Å²) < 4.78 is 0. The van der Waals surface area contributed by atoms with Crippen molar-refractivity contribution in [1.29, 1.82) is 0 Å². The van der Waals surface area contributed by atoms with Gasteiger partial charge in [0.15, 0.2) is 11.6 Å². The highest BCUT2D eigenvalue weighted by Crippen LogP contribution is 2.73. The van der Waals surface area contributed by atoms with E-state index in [4.69, 9.17) is 6.57 Å². The molecule has 0 aliphatic heterocycles. The standard InChI is InChI=1S/C33H46N2O3/c1-10-35-28(38)21-17-29(2,3)16-20-19(21)11-13-33(8)26(20)23(36)15-25-31(6)18-22(34-9)27(37)30(4,5)24(31)12-14-32(25,33)7/h15,18-21,24,26H,10-14,16-17H2,1-8H3,(H,35,38)/t19?,20-,21-,24+,26+,31+,32-,33-/m1/s1. The molecule has 3 saturated carbocycles. The van der Waals surface area contributed by atoms with Gasteiger partial charge in [0.05, 0.1) is 6.57 Å². The van der Waals surface area contributed by atoms with Gasteiger partial charge in [-0.3, -0.25) is 9.59 Å². The largest absolute Gasteiger partial charge is 0.356 e. The lowest BCUT2D eigenvalue weighted by molar-refractivity contribution is -0.164. The number of hydrogen-bond donors (Lipinski definition) is 1. The van der Waals surface area contributed by atoms with Crippen LogP contribution < -0.4 is 5.32 Å². The van der Waals surface area contributed by atoms with Crippen LogP contribution in [-0.4, -0.2) is 24.0 Å². The second-order valence-corrected chi connectivity index (χ2v) is 15.2. The van der Waals surface area contributed by atoms with Crippen LogP contribution in [0.1, 0.15) is 93.9 Å². The van der Waals surface area contributed by atoms with Crippen LogP contribution in [0.2, 0.25) is 0 Å². The third-order valence-electron chi connectivity index (χ3n) is 12.4. The topological polar surface area (TPSA) is 67.6 Å². The van der Waals surface area contributed by atoms with Gasteiger partial charge in [-0.25, -0.2) is 4.85 Å². The highest BCUT2D eigenvalue weighted by atomic mass is 16.2. The molecule has 1 unspecified atom stereocenters. The summed E-state index contributed by atoms with van der Waals surface area (Å²) in [5.41, 5.74) is -0.200. The van der Waals surface area contributed by atoms with Crippen molar-refractivity contribution in [1.82, 2.24) is 5.32 Å². The fraction of sp³-hybridized carbons (Fsp3) is 0.758. The predicted octanol–water partition coefficient (Wildman–Crippen LogP) is 6.55. The number of allylic oxidation sites excluding steroid dienone is 4. The van der Waals surface area contributed by atoms with Crippen LogP contribution in [0.3, 0.4) is 0 Å². The van der Waals surface area contributed by atoms with E-state index in [2.05, 4.69) is 44.8 Å². The number of carbonyl (C=O) groups excluding carboxylic acids is 3. The molecular weight excluding hydrogens is 472 g/mol. The Bertz CT molecular complexity index is 1200. The zero-order chi connectivity index (χ0) is 28.1. The maximum atomic E-state index is 14.4. The van der Waals surface area contributed by atoms with E-state index in [0.717, 1.165) is 44.1 Å². The van der Waals surface area contributed by atoms with Gasteiger partial charge in [0.25, 0.3) is 0 Å². The summed E-state index contributed by atoms with van der Waals surface area (Å²) in [6.07, 6.45) is 9.47. The first-order chi connectivity index (χ1) is 17.6. The lowest BCUT2D eigenvalue weighted by Crippen LogP contribution is -2.64. The molecule has 5 nitrogen and oxygen atoms in total. The summed E-state index contributed by atoms with van der Waals surface area (Å²) >= 11 is 0. The van der Waals surface area contributed by atoms with Gasteiger partial charge in [-0.05, 0) is 85.5 Å². The Morgan fingerprint density at radius 3 is 2.34 bits per heavy atom. The lowest BCUT2D eigenvalue weighted by atomic mass is 9.35. The zero-order valence-corrected chi connectivity index (χ0v) is 24.7. The van der Waals surface area contributed by atoms with E-state index in [1.165, 1.54) is 0 Å². The summed E-state index contributed by atoms with van der Waals surface area (Å²) in [7, 11) is 0. The smallest absolute Gasteiger partial charge is 0.226 e. The fourth-order valence-electron chi connectivity index (χ4n) is 10.5. The minimum Gasteiger partial charge on any atom is -0.356 e. The van der Waals surface area contributed by atoms with Crippen LogP contribution in [0, 0.1) is 63.2 Å². The molecular formula is C33H46N2O3. The summed E-state index contributed by atoms with van der Waals surface area (Å²) in [6, 6.07) is 0. The van der Waals surface area contributed by atoms with E-state index in [1.54, 1.807) is 0 Å². The average Bonchev–Trinajstić information content (AvgIpc) is 2.82. The van der Waals surface area contributed by atoms with Crippen molar-refractivity contribution in [3.8, 4) is 0 Å². The van der Waals surface area contributed by atoms with Crippen LogP contribution >= 0.6 is 0 Å². The summed E-state index contributed by atoms with van der Waals surface area (Å²) in [4.78, 5) is 44.5. The maximum Gasteiger partial charge on any atom is 0.226 e. The molecule has 3 fully saturated rings. The highest BCUT2D eigenvalue weighted by Gasteiger charge is 2.68. The molecule has 0 saturated heterocycles. The van der Waals surface area contributed by atoms with Crippen LogP contribution in [0.5, 0.6) is 0 Å². The number of nitrogens with one attached hydrogen (secondary N) is 1. The molecule has 0 heterocycles. The van der Waals surface area contributed by atoms with Crippen molar-refractivity contribution in [3.05, 3.63) is 34.8 Å². The number of rotatable bonds is 2. The number of carbonyl (C=O) groups is 3. The van der Waals surface area contributed by atoms with Gasteiger partial charge in [-0.1, -0.05) is 60.1 Å². The minimum atomic E-state index is -0.642. The molecule has 0 aromatic rings. The number of hydrogen-bond acceptors (Lipinski definition) is 3. The van der Waals surface area contributed by atoms with E-state index in [-0.39, 0.29) is 69.0 Å². The SMILES string of the molecule is [C-]#[N+]C1=C[C@]2(C)C3=CC(=O)[C@@H]4[C@@H]5CC(C)(C)C[C@@H](C(=O)NCC)C5CC[C@@]4(C)[C@]3(C)CC[C@H]2C(C)(C)C1=O. The second-order valence-electron chi connectivity index (χ2n) is 15.2. The van der Waals surface area contributed by atoms with Gasteiger partial charge >= 0.3 is 0 Å². The van der Waals surface area contributed by atoms with E-state index >= 15 is 0 Å². The molecule has 38 heavy (non-hydrogen) atoms. The number of Topliss-reactive ketones (excluding diaryl/α,β-unsaturated/α-hetero) is 1. The molecule has 5 rings (SSSR count). The Hall–Kier alpha value is -2.22. The molecule has 206 valence electrons. The fourth-order valence-corrected chi connectivity index (χ4v) is 10.5. The second kappa shape index (κ2) is 8.39. The monoisotopic (exact) mass is 518 g/mol. The molecule has 0 bridgehead atoms. The first-order valence-electron chi connectivity index (χ1n) is 14.8. The quantitative estimate of drug-likeness (QED) is 0.422. The molecule has 5 aliphatic rings. The Morgan fingerprint density at radius 1 is 1.03 bits per heavy atom. The first kappa shape index (κ1) is 27.4. The molecule has 1 N–H and O–H groups in total. The Labute approximate surface area is 229 Å². The highest BCUT2D eigenvalue weighted by molar-refractivity contribution is 6.03. The molecule has 8 atom stereocenters. The van der Waals surface area contributed by atoms with Crippen molar-refractivity contribution in [2.45, 2.75) is 93.9 Å². The third kappa shape index (κ3) is 3.44. The van der Waals surface area contributed by atoms with Crippen molar-refractivity contribution in [3.63, 3.8) is 0 Å². The molecule has 0 radical (unpaired) electrons. The van der Waals surface area contributed by atoms with Gasteiger partial charge in [0, 0.05) is 29.2 Å². The van der Waals surface area contributed by atoms with Gasteiger partial charge in [0.1, 0.15) is 0 Å². The number of nitrogens with zero attached hydrogens (tertiary/aromatic N) is 1. The van der Waals surface area contributed by atoms with Gasteiger partial charge in [0.2, 0.25) is 11.6 Å². The van der Waals surface area contributed by atoms with Crippen LogP contribution in [-0.2, 0) is 14.4 Å². The van der Waals surface area contributed by atoms with Gasteiger partial charge in [-0.15, -0.1) is 0 Å². The Balaban J connectivity index is 1.64. The summed E-state index contributed by atoms with van der Waals surface area (Å²) in [5.74, 6) is 0.647. The lowest BCUT2D eigenvalue weighted by Gasteiger charge is -2.68. The zero-order valence-electron chi connectivity index (χ0n) is 24.7. The number of ketones is 2. The Morgan fingerprint density at radius 2 is 1.71 bits per heavy atom. The number of fused-ring (bicyclic) bond motifs is 7. The normalized spacial score (nSPS) is 44.8. The van der Waals surface area contributed by atoms with Crippen LogP contribution in [0.4, 0.5) is 0 Å². The maximum absolute atomic E-state index is 14.4. The van der Waals surface area contributed by atoms with Crippen molar-refractivity contribution in [2.75, 3.05) is 6.54 Å². The van der Waals surface area contributed by atoms with E-state index in [9.17, 15) is 14.4 Å². The number of amides is 1. The molecule has 5 heteroatoms. The van der Waals surface area contributed by atoms with E-state index in [0.29, 0.717) is 6.54 Å². The molecule has 1 amide bonds. The summed E-state index contributed by atoms with van der Waals surface area (Å²) in [5, 5.41) is 3.09. The van der Waals surface area contributed by atoms with Crippen LogP contribution in [0.15, 0.2) is 23.4 Å². The van der Waals surface area contributed by atoms with Gasteiger partial charge < -0.3 is 10.1 Å². The van der Waals surface area contributed by atoms with Crippen molar-refractivity contribution < 1.29 is 14.4 Å². The van der Waals surface area contributed by atoms with Crippen molar-refractivity contribution >= 4 is 17.5 Å². The van der Waals surface area contributed by atoms with Crippen molar-refractivity contribution in [2.24, 2.45) is 56.7 Å². The first-order valence-corrected chi connectivity index (χ1v) is 14.8. The molecule has 0 aromatic heterocycles. The van der Waals surface area contributed by atoms with Crippen LogP contribution in [0.25, 0.3) is 4.85 Å². The summed E-state index contributed by atoms with van der Waals surface area (Å²) in [6.45, 7) is 25.8. The minimum absolute atomic E-state index is 0.00497.